The third-order valence-corrected chi connectivity index (χ3v) is 2.57. The summed E-state index contributed by atoms with van der Waals surface area (Å²) in [5, 5.41) is 3.19. The molecule has 1 aromatic carbocycles. The largest absolute Gasteiger partial charge is 0.494 e. The molecule has 0 heterocycles. The van der Waals surface area contributed by atoms with Gasteiger partial charge >= 0.3 is 0 Å². The first kappa shape index (κ1) is 15.7. The number of benzene rings is 1. The van der Waals surface area contributed by atoms with Crippen LogP contribution >= 0.6 is 0 Å². The molecule has 0 saturated heterocycles. The van der Waals surface area contributed by atoms with E-state index in [1.807, 2.05) is 13.8 Å². The first-order valence-electron chi connectivity index (χ1n) is 6.51. The minimum atomic E-state index is -0.366. The molecular formula is C14H22FNO3. The standard InChI is InChI=1S/C14H22FNO3/c1-4-18-14(19-5-2)8-9-16-11-6-7-12(15)13(10-11)17-3/h6-7,10,14,16H,4-5,8-9H2,1-3H3. The second kappa shape index (κ2) is 8.72. The maximum Gasteiger partial charge on any atom is 0.165 e. The van der Waals surface area contributed by atoms with Gasteiger partial charge in [-0.1, -0.05) is 0 Å². The molecule has 0 aliphatic rings. The maximum absolute atomic E-state index is 13.2. The van der Waals surface area contributed by atoms with E-state index in [-0.39, 0.29) is 17.9 Å². The van der Waals surface area contributed by atoms with Crippen LogP contribution in [0.1, 0.15) is 20.3 Å². The Morgan fingerprint density at radius 3 is 2.47 bits per heavy atom. The van der Waals surface area contributed by atoms with E-state index < -0.39 is 0 Å². The molecule has 5 heteroatoms. The molecule has 0 saturated carbocycles. The second-order valence-corrected chi connectivity index (χ2v) is 3.91. The van der Waals surface area contributed by atoms with Crippen molar-refractivity contribution in [3.05, 3.63) is 24.0 Å². The lowest BCUT2D eigenvalue weighted by molar-refractivity contribution is -0.137. The summed E-state index contributed by atoms with van der Waals surface area (Å²) in [7, 11) is 1.45. The predicted octanol–water partition coefficient (Wildman–Crippen LogP) is 3.04. The van der Waals surface area contributed by atoms with E-state index in [0.29, 0.717) is 19.8 Å². The Balaban J connectivity index is 2.43. The molecule has 0 atom stereocenters. The van der Waals surface area contributed by atoms with Crippen LogP contribution in [0, 0.1) is 5.82 Å². The highest BCUT2D eigenvalue weighted by atomic mass is 19.1. The van der Waals surface area contributed by atoms with Gasteiger partial charge in [0.2, 0.25) is 0 Å². The van der Waals surface area contributed by atoms with Gasteiger partial charge in [-0.25, -0.2) is 4.39 Å². The molecular weight excluding hydrogens is 249 g/mol. The minimum absolute atomic E-state index is 0.204. The summed E-state index contributed by atoms with van der Waals surface area (Å²) in [6.07, 6.45) is 0.520. The van der Waals surface area contributed by atoms with Gasteiger partial charge in [0, 0.05) is 37.9 Å². The lowest BCUT2D eigenvalue weighted by atomic mass is 10.2. The van der Waals surface area contributed by atoms with Gasteiger partial charge in [0.1, 0.15) is 0 Å². The Morgan fingerprint density at radius 2 is 1.89 bits per heavy atom. The lowest BCUT2D eigenvalue weighted by Crippen LogP contribution is -2.21. The van der Waals surface area contributed by atoms with Gasteiger partial charge in [0.15, 0.2) is 17.9 Å². The molecule has 0 unspecified atom stereocenters. The van der Waals surface area contributed by atoms with Gasteiger partial charge in [-0.15, -0.1) is 0 Å². The average molecular weight is 271 g/mol. The van der Waals surface area contributed by atoms with Gasteiger partial charge < -0.3 is 19.5 Å². The third-order valence-electron chi connectivity index (χ3n) is 2.57. The number of ether oxygens (including phenoxy) is 3. The number of nitrogens with one attached hydrogen (secondary N) is 1. The highest BCUT2D eigenvalue weighted by molar-refractivity contribution is 5.48. The van der Waals surface area contributed by atoms with Crippen molar-refractivity contribution in [3.63, 3.8) is 0 Å². The summed E-state index contributed by atoms with van der Waals surface area (Å²) in [6.45, 7) is 5.79. The van der Waals surface area contributed by atoms with E-state index in [9.17, 15) is 4.39 Å². The fourth-order valence-corrected chi connectivity index (χ4v) is 1.69. The van der Waals surface area contributed by atoms with E-state index in [1.165, 1.54) is 13.2 Å². The van der Waals surface area contributed by atoms with Crippen LogP contribution in [0.25, 0.3) is 0 Å². The highest BCUT2D eigenvalue weighted by Crippen LogP contribution is 2.21. The summed E-state index contributed by atoms with van der Waals surface area (Å²) in [4.78, 5) is 0. The normalized spacial score (nSPS) is 10.8. The number of rotatable bonds is 9. The van der Waals surface area contributed by atoms with E-state index in [1.54, 1.807) is 12.1 Å². The van der Waals surface area contributed by atoms with Gasteiger partial charge in [-0.05, 0) is 26.0 Å². The van der Waals surface area contributed by atoms with Gasteiger partial charge in [0.05, 0.1) is 7.11 Å². The molecule has 1 N–H and O–H groups in total. The first-order chi connectivity index (χ1) is 9.21. The van der Waals surface area contributed by atoms with Crippen LogP contribution in [-0.2, 0) is 9.47 Å². The summed E-state index contributed by atoms with van der Waals surface area (Å²) >= 11 is 0. The van der Waals surface area contributed by atoms with Crippen molar-refractivity contribution in [1.82, 2.24) is 0 Å². The number of anilines is 1. The van der Waals surface area contributed by atoms with Crippen LogP contribution in [0.15, 0.2) is 18.2 Å². The molecule has 0 aromatic heterocycles. The SMILES string of the molecule is CCOC(CCNc1ccc(F)c(OC)c1)OCC. The van der Waals surface area contributed by atoms with Crippen molar-refractivity contribution >= 4 is 5.69 Å². The highest BCUT2D eigenvalue weighted by Gasteiger charge is 2.08. The van der Waals surface area contributed by atoms with Crippen LogP contribution in [0.3, 0.4) is 0 Å². The number of hydrogen-bond donors (Lipinski definition) is 1. The van der Waals surface area contributed by atoms with Crippen molar-refractivity contribution in [2.45, 2.75) is 26.6 Å². The molecule has 1 aromatic rings. The molecule has 0 fully saturated rings. The maximum atomic E-state index is 13.2. The van der Waals surface area contributed by atoms with Crippen LogP contribution in [0.4, 0.5) is 10.1 Å². The fourth-order valence-electron chi connectivity index (χ4n) is 1.69. The molecule has 0 radical (unpaired) electrons. The smallest absolute Gasteiger partial charge is 0.165 e. The monoisotopic (exact) mass is 271 g/mol. The fraction of sp³-hybridized carbons (Fsp3) is 0.571. The number of halogens is 1. The van der Waals surface area contributed by atoms with E-state index in [4.69, 9.17) is 14.2 Å². The Bertz CT molecular complexity index is 368. The van der Waals surface area contributed by atoms with Crippen molar-refractivity contribution < 1.29 is 18.6 Å². The molecule has 1 rings (SSSR count). The average Bonchev–Trinajstić information content (AvgIpc) is 2.41. The molecule has 4 nitrogen and oxygen atoms in total. The minimum Gasteiger partial charge on any atom is -0.494 e. The summed E-state index contributed by atoms with van der Waals surface area (Å²) < 4.78 is 29.0. The molecule has 0 spiro atoms. The first-order valence-corrected chi connectivity index (χ1v) is 6.51. The molecule has 0 bridgehead atoms. The quantitative estimate of drug-likeness (QED) is 0.701. The number of methoxy groups -OCH3 is 1. The van der Waals surface area contributed by atoms with Crippen molar-refractivity contribution in [3.8, 4) is 5.75 Å². The van der Waals surface area contributed by atoms with E-state index >= 15 is 0 Å². The Labute approximate surface area is 113 Å². The molecule has 0 aliphatic heterocycles. The Hall–Kier alpha value is -1.33. The lowest BCUT2D eigenvalue weighted by Gasteiger charge is -2.17. The van der Waals surface area contributed by atoms with Crippen LogP contribution in [0.2, 0.25) is 0 Å². The van der Waals surface area contributed by atoms with Crippen LogP contribution in [-0.4, -0.2) is 33.2 Å². The van der Waals surface area contributed by atoms with E-state index in [0.717, 1.165) is 12.1 Å². The summed E-state index contributed by atoms with van der Waals surface area (Å²) in [5.74, 6) is -0.134. The van der Waals surface area contributed by atoms with Crippen molar-refractivity contribution in [2.75, 3.05) is 32.2 Å². The summed E-state index contributed by atoms with van der Waals surface area (Å²) in [6, 6.07) is 4.68. The van der Waals surface area contributed by atoms with Gasteiger partial charge in [-0.2, -0.15) is 0 Å². The zero-order valence-electron chi connectivity index (χ0n) is 11.7. The zero-order valence-corrected chi connectivity index (χ0v) is 11.7. The Morgan fingerprint density at radius 1 is 1.21 bits per heavy atom. The van der Waals surface area contributed by atoms with Gasteiger partial charge in [0.25, 0.3) is 0 Å². The van der Waals surface area contributed by atoms with Crippen LogP contribution < -0.4 is 10.1 Å². The van der Waals surface area contributed by atoms with Gasteiger partial charge in [-0.3, -0.25) is 0 Å². The Kier molecular flexibility index (Phi) is 7.22. The zero-order chi connectivity index (χ0) is 14.1. The summed E-state index contributed by atoms with van der Waals surface area (Å²) in [5.41, 5.74) is 0.810. The van der Waals surface area contributed by atoms with E-state index in [2.05, 4.69) is 5.32 Å². The second-order valence-electron chi connectivity index (χ2n) is 3.91. The molecule has 19 heavy (non-hydrogen) atoms. The molecule has 0 amide bonds. The van der Waals surface area contributed by atoms with Crippen LogP contribution in [0.5, 0.6) is 5.75 Å². The van der Waals surface area contributed by atoms with Crippen molar-refractivity contribution in [2.24, 2.45) is 0 Å². The number of hydrogen-bond acceptors (Lipinski definition) is 4. The third kappa shape index (κ3) is 5.44. The molecule has 108 valence electrons. The van der Waals surface area contributed by atoms with Crippen molar-refractivity contribution in [1.29, 1.82) is 0 Å². The molecule has 0 aliphatic carbocycles. The topological polar surface area (TPSA) is 39.7 Å². The predicted molar refractivity (Wildman–Crippen MR) is 73.1 cm³/mol.